The van der Waals surface area contributed by atoms with E-state index in [-0.39, 0.29) is 11.4 Å². The van der Waals surface area contributed by atoms with Gasteiger partial charge in [-0.15, -0.1) is 0 Å². The summed E-state index contributed by atoms with van der Waals surface area (Å²) in [5.74, 6) is 0.369. The van der Waals surface area contributed by atoms with Crippen molar-refractivity contribution in [1.82, 2.24) is 0 Å². The SMILES string of the molecule is CCCC(=O)Oc1cc(C)cc(C)c1C(C)(C)CC=O. The molecule has 3 heteroatoms. The number of carbonyl (C=O) groups excluding carboxylic acids is 2. The van der Waals surface area contributed by atoms with E-state index in [1.165, 1.54) is 0 Å². The van der Waals surface area contributed by atoms with Gasteiger partial charge in [-0.05, 0) is 37.5 Å². The van der Waals surface area contributed by atoms with Crippen LogP contribution >= 0.6 is 0 Å². The summed E-state index contributed by atoms with van der Waals surface area (Å²) in [6, 6.07) is 3.93. The second-order valence-electron chi connectivity index (χ2n) is 5.93. The molecule has 110 valence electrons. The first-order chi connectivity index (χ1) is 9.31. The summed E-state index contributed by atoms with van der Waals surface area (Å²) < 4.78 is 5.53. The Morgan fingerprint density at radius 2 is 1.95 bits per heavy atom. The standard InChI is InChI=1S/C17H24O3/c1-6-7-15(19)20-14-11-12(2)10-13(3)16(14)17(4,5)8-9-18/h9-11H,6-8H2,1-5H3. The van der Waals surface area contributed by atoms with Crippen LogP contribution in [0.15, 0.2) is 12.1 Å². The summed E-state index contributed by atoms with van der Waals surface area (Å²) in [4.78, 5) is 22.7. The van der Waals surface area contributed by atoms with Crippen LogP contribution in [0.4, 0.5) is 0 Å². The lowest BCUT2D eigenvalue weighted by Gasteiger charge is -2.27. The molecule has 0 amide bonds. The van der Waals surface area contributed by atoms with Crippen molar-refractivity contribution in [2.75, 3.05) is 0 Å². The van der Waals surface area contributed by atoms with Gasteiger partial charge in [0.25, 0.3) is 0 Å². The zero-order chi connectivity index (χ0) is 15.3. The highest BCUT2D eigenvalue weighted by Crippen LogP contribution is 2.37. The minimum atomic E-state index is -0.346. The van der Waals surface area contributed by atoms with E-state index in [2.05, 4.69) is 6.07 Å². The van der Waals surface area contributed by atoms with Crippen LogP contribution in [0.3, 0.4) is 0 Å². The molecule has 0 saturated carbocycles. The molecule has 20 heavy (non-hydrogen) atoms. The Kier molecular flexibility index (Phi) is 5.49. The van der Waals surface area contributed by atoms with Gasteiger partial charge in [0, 0.05) is 23.8 Å². The number of hydrogen-bond donors (Lipinski definition) is 0. The number of rotatable bonds is 6. The lowest BCUT2D eigenvalue weighted by atomic mass is 9.78. The number of benzene rings is 1. The van der Waals surface area contributed by atoms with Crippen LogP contribution in [0.25, 0.3) is 0 Å². The van der Waals surface area contributed by atoms with Gasteiger partial charge in [0.05, 0.1) is 0 Å². The molecular weight excluding hydrogens is 252 g/mol. The summed E-state index contributed by atoms with van der Waals surface area (Å²) in [6.45, 7) is 9.90. The van der Waals surface area contributed by atoms with Crippen molar-refractivity contribution in [3.05, 3.63) is 28.8 Å². The van der Waals surface area contributed by atoms with Crippen molar-refractivity contribution in [1.29, 1.82) is 0 Å². The van der Waals surface area contributed by atoms with Crippen molar-refractivity contribution in [2.24, 2.45) is 0 Å². The molecule has 0 aliphatic heterocycles. The molecule has 0 heterocycles. The first-order valence-electron chi connectivity index (χ1n) is 7.08. The van der Waals surface area contributed by atoms with Crippen molar-refractivity contribution in [3.8, 4) is 5.75 Å². The number of carbonyl (C=O) groups is 2. The van der Waals surface area contributed by atoms with E-state index in [0.717, 1.165) is 29.4 Å². The van der Waals surface area contributed by atoms with Gasteiger partial charge in [-0.25, -0.2) is 0 Å². The van der Waals surface area contributed by atoms with Crippen LogP contribution in [0.2, 0.25) is 0 Å². The first-order valence-corrected chi connectivity index (χ1v) is 7.08. The van der Waals surface area contributed by atoms with Crippen molar-refractivity contribution in [2.45, 2.75) is 59.3 Å². The molecule has 0 atom stereocenters. The Balaban J connectivity index is 3.27. The van der Waals surface area contributed by atoms with Gasteiger partial charge in [-0.3, -0.25) is 4.79 Å². The highest BCUT2D eigenvalue weighted by Gasteiger charge is 2.27. The Hall–Kier alpha value is -1.64. The molecule has 0 aromatic heterocycles. The minimum absolute atomic E-state index is 0.222. The quantitative estimate of drug-likeness (QED) is 0.450. The third kappa shape index (κ3) is 3.92. The van der Waals surface area contributed by atoms with E-state index in [4.69, 9.17) is 4.74 Å². The maximum absolute atomic E-state index is 11.8. The molecule has 0 fully saturated rings. The summed E-state index contributed by atoms with van der Waals surface area (Å²) >= 11 is 0. The van der Waals surface area contributed by atoms with Gasteiger partial charge in [-0.2, -0.15) is 0 Å². The zero-order valence-corrected chi connectivity index (χ0v) is 13.1. The molecule has 1 rings (SSSR count). The molecule has 0 N–H and O–H groups in total. The summed E-state index contributed by atoms with van der Waals surface area (Å²) in [5, 5.41) is 0. The zero-order valence-electron chi connectivity index (χ0n) is 13.1. The summed E-state index contributed by atoms with van der Waals surface area (Å²) in [6.07, 6.45) is 2.48. The fourth-order valence-corrected chi connectivity index (χ4v) is 2.56. The molecule has 0 radical (unpaired) electrons. The smallest absolute Gasteiger partial charge is 0.311 e. The highest BCUT2D eigenvalue weighted by atomic mass is 16.5. The maximum Gasteiger partial charge on any atom is 0.311 e. The molecule has 0 saturated heterocycles. The average Bonchev–Trinajstić information content (AvgIpc) is 2.26. The Bertz CT molecular complexity index is 501. The van der Waals surface area contributed by atoms with Gasteiger partial charge in [0.1, 0.15) is 12.0 Å². The number of aldehydes is 1. The number of hydrogen-bond acceptors (Lipinski definition) is 3. The van der Waals surface area contributed by atoms with E-state index in [0.29, 0.717) is 18.6 Å². The van der Waals surface area contributed by atoms with Crippen LogP contribution in [-0.4, -0.2) is 12.3 Å². The topological polar surface area (TPSA) is 43.4 Å². The van der Waals surface area contributed by atoms with E-state index >= 15 is 0 Å². The van der Waals surface area contributed by atoms with E-state index in [1.807, 2.05) is 40.7 Å². The molecule has 0 aliphatic carbocycles. The van der Waals surface area contributed by atoms with Crippen molar-refractivity contribution < 1.29 is 14.3 Å². The van der Waals surface area contributed by atoms with Gasteiger partial charge in [0.2, 0.25) is 0 Å². The average molecular weight is 276 g/mol. The van der Waals surface area contributed by atoms with E-state index in [1.54, 1.807) is 0 Å². The summed E-state index contributed by atoms with van der Waals surface area (Å²) in [5.41, 5.74) is 2.70. The number of aryl methyl sites for hydroxylation is 2. The van der Waals surface area contributed by atoms with Gasteiger partial charge < -0.3 is 9.53 Å². The second kappa shape index (κ2) is 6.69. The van der Waals surface area contributed by atoms with Crippen LogP contribution in [0.5, 0.6) is 5.75 Å². The van der Waals surface area contributed by atoms with Crippen LogP contribution < -0.4 is 4.74 Å². The van der Waals surface area contributed by atoms with Crippen molar-refractivity contribution >= 4 is 12.3 Å². The largest absolute Gasteiger partial charge is 0.426 e. The molecule has 0 bridgehead atoms. The molecular formula is C17H24O3. The number of esters is 1. The summed E-state index contributed by atoms with van der Waals surface area (Å²) in [7, 11) is 0. The predicted octanol–water partition coefficient (Wildman–Crippen LogP) is 3.88. The second-order valence-corrected chi connectivity index (χ2v) is 5.93. The Morgan fingerprint density at radius 3 is 2.50 bits per heavy atom. The predicted molar refractivity (Wildman–Crippen MR) is 80.2 cm³/mol. The van der Waals surface area contributed by atoms with Crippen LogP contribution in [0, 0.1) is 13.8 Å². The van der Waals surface area contributed by atoms with Gasteiger partial charge in [-0.1, -0.05) is 26.8 Å². The first kappa shape index (κ1) is 16.4. The monoisotopic (exact) mass is 276 g/mol. The molecule has 1 aromatic rings. The normalized spacial score (nSPS) is 11.2. The van der Waals surface area contributed by atoms with Gasteiger partial charge in [0.15, 0.2) is 0 Å². The Morgan fingerprint density at radius 1 is 1.30 bits per heavy atom. The van der Waals surface area contributed by atoms with Crippen LogP contribution in [0.1, 0.15) is 56.7 Å². The molecule has 1 aromatic carbocycles. The fourth-order valence-electron chi connectivity index (χ4n) is 2.56. The molecule has 0 aliphatic rings. The van der Waals surface area contributed by atoms with Crippen LogP contribution in [-0.2, 0) is 15.0 Å². The third-order valence-corrected chi connectivity index (χ3v) is 3.39. The maximum atomic E-state index is 11.8. The fraction of sp³-hybridized carbons (Fsp3) is 0.529. The lowest BCUT2D eigenvalue weighted by Crippen LogP contribution is -2.22. The van der Waals surface area contributed by atoms with E-state index in [9.17, 15) is 9.59 Å². The minimum Gasteiger partial charge on any atom is -0.426 e. The van der Waals surface area contributed by atoms with E-state index < -0.39 is 0 Å². The lowest BCUT2D eigenvalue weighted by molar-refractivity contribution is -0.134. The molecule has 3 nitrogen and oxygen atoms in total. The van der Waals surface area contributed by atoms with Gasteiger partial charge >= 0.3 is 5.97 Å². The molecule has 0 unspecified atom stereocenters. The van der Waals surface area contributed by atoms with Crippen molar-refractivity contribution in [3.63, 3.8) is 0 Å². The highest BCUT2D eigenvalue weighted by molar-refractivity contribution is 5.73. The third-order valence-electron chi connectivity index (χ3n) is 3.39. The number of ether oxygens (including phenoxy) is 1. The molecule has 0 spiro atoms. The Labute approximate surface area is 121 Å².